The van der Waals surface area contributed by atoms with Gasteiger partial charge in [-0.25, -0.2) is 0 Å². The number of carbonyl (C=O) groups is 2. The van der Waals surface area contributed by atoms with Crippen molar-refractivity contribution in [2.45, 2.75) is 33.6 Å². The third kappa shape index (κ3) is 3.91. The molecule has 7 heteroatoms. The number of rotatable bonds is 5. The maximum Gasteiger partial charge on any atom is 0.264 e. The minimum absolute atomic E-state index is 0. The summed E-state index contributed by atoms with van der Waals surface area (Å²) in [6.45, 7) is 8.75. The normalized spacial score (nSPS) is 14.9. The number of thiophene rings is 1. The van der Waals surface area contributed by atoms with Crippen LogP contribution in [0.1, 0.15) is 41.9 Å². The summed E-state index contributed by atoms with van der Waals surface area (Å²) < 4.78 is 1.14. The zero-order valence-electron chi connectivity index (χ0n) is 16.9. The SMILES string of the molecule is CCC(CC)(CN)C(=O)N1CCN(C(=O)c2sc3ccccc3c2C)CC1.Cl. The highest BCUT2D eigenvalue weighted by atomic mass is 35.5. The number of halogens is 1. The third-order valence-corrected chi connectivity index (χ3v) is 7.35. The number of nitrogens with zero attached hydrogens (tertiary/aromatic N) is 2. The molecule has 0 spiro atoms. The molecule has 0 saturated carbocycles. The summed E-state index contributed by atoms with van der Waals surface area (Å²) >= 11 is 1.56. The van der Waals surface area contributed by atoms with Crippen molar-refractivity contribution in [1.29, 1.82) is 0 Å². The number of fused-ring (bicyclic) bond motifs is 1. The number of hydrogen-bond donors (Lipinski definition) is 1. The molecule has 0 radical (unpaired) electrons. The van der Waals surface area contributed by atoms with Crippen LogP contribution in [-0.2, 0) is 4.79 Å². The van der Waals surface area contributed by atoms with E-state index in [-0.39, 0.29) is 24.2 Å². The molecule has 0 atom stereocenters. The van der Waals surface area contributed by atoms with Gasteiger partial charge >= 0.3 is 0 Å². The fourth-order valence-corrected chi connectivity index (χ4v) is 5.08. The van der Waals surface area contributed by atoms with Crippen LogP contribution in [0.25, 0.3) is 10.1 Å². The molecule has 0 bridgehead atoms. The van der Waals surface area contributed by atoms with Gasteiger partial charge in [0.15, 0.2) is 0 Å². The van der Waals surface area contributed by atoms with Crippen LogP contribution in [0.5, 0.6) is 0 Å². The van der Waals surface area contributed by atoms with Crippen molar-refractivity contribution in [3.05, 3.63) is 34.7 Å². The number of piperazine rings is 1. The predicted octanol–water partition coefficient (Wildman–Crippen LogP) is 3.68. The smallest absolute Gasteiger partial charge is 0.264 e. The standard InChI is InChI=1S/C21H29N3O2S.ClH/c1-4-21(5-2,14-22)20(26)24-12-10-23(11-13-24)19(25)18-15(3)16-8-6-7-9-17(16)27-18;/h6-9H,4-5,10-14,22H2,1-3H3;1H. The average molecular weight is 424 g/mol. The Bertz CT molecular complexity index is 831. The zero-order chi connectivity index (χ0) is 19.6. The topological polar surface area (TPSA) is 66.6 Å². The van der Waals surface area contributed by atoms with Crippen molar-refractivity contribution in [2.24, 2.45) is 11.1 Å². The lowest BCUT2D eigenvalue weighted by atomic mass is 9.81. The molecular formula is C21H30ClN3O2S. The molecule has 28 heavy (non-hydrogen) atoms. The average Bonchev–Trinajstić information content (AvgIpc) is 3.06. The molecule has 2 heterocycles. The van der Waals surface area contributed by atoms with Crippen LogP contribution in [0, 0.1) is 12.3 Å². The number of amides is 2. The number of benzene rings is 1. The Kier molecular flexibility index (Phi) is 7.48. The van der Waals surface area contributed by atoms with Crippen LogP contribution in [0.15, 0.2) is 24.3 Å². The van der Waals surface area contributed by atoms with Crippen LogP contribution in [0.2, 0.25) is 0 Å². The molecule has 2 N–H and O–H groups in total. The monoisotopic (exact) mass is 423 g/mol. The van der Waals surface area contributed by atoms with Gasteiger partial charge in [-0.05, 0) is 36.8 Å². The lowest BCUT2D eigenvalue weighted by Crippen LogP contribution is -2.55. The highest BCUT2D eigenvalue weighted by Crippen LogP contribution is 2.32. The molecule has 0 unspecified atom stereocenters. The number of aryl methyl sites for hydroxylation is 1. The first-order chi connectivity index (χ1) is 13.0. The quantitative estimate of drug-likeness (QED) is 0.797. The minimum Gasteiger partial charge on any atom is -0.339 e. The molecule has 2 aromatic rings. The van der Waals surface area contributed by atoms with E-state index in [1.165, 1.54) is 0 Å². The van der Waals surface area contributed by atoms with Crippen molar-refractivity contribution in [3.63, 3.8) is 0 Å². The molecule has 1 aromatic heterocycles. The summed E-state index contributed by atoms with van der Waals surface area (Å²) in [6.07, 6.45) is 1.50. The molecule has 1 saturated heterocycles. The molecule has 2 amide bonds. The number of carbonyl (C=O) groups excluding carboxylic acids is 2. The second-order valence-corrected chi connectivity index (χ2v) is 8.38. The molecule has 1 aromatic carbocycles. The van der Waals surface area contributed by atoms with E-state index in [2.05, 4.69) is 12.1 Å². The molecule has 154 valence electrons. The van der Waals surface area contributed by atoms with Gasteiger partial charge < -0.3 is 15.5 Å². The van der Waals surface area contributed by atoms with Gasteiger partial charge in [-0.2, -0.15) is 0 Å². The Hall–Kier alpha value is -1.63. The van der Waals surface area contributed by atoms with Crippen molar-refractivity contribution < 1.29 is 9.59 Å². The minimum atomic E-state index is -0.464. The first-order valence-electron chi connectivity index (χ1n) is 9.74. The van der Waals surface area contributed by atoms with Crippen LogP contribution in [-0.4, -0.2) is 54.3 Å². The summed E-state index contributed by atoms with van der Waals surface area (Å²) in [5, 5.41) is 1.15. The Balaban J connectivity index is 0.00000280. The van der Waals surface area contributed by atoms with E-state index in [1.807, 2.05) is 42.7 Å². The second kappa shape index (κ2) is 9.25. The van der Waals surface area contributed by atoms with Crippen LogP contribution >= 0.6 is 23.7 Å². The summed E-state index contributed by atoms with van der Waals surface area (Å²) in [5.41, 5.74) is 6.52. The third-order valence-electron chi connectivity index (χ3n) is 6.09. The Morgan fingerprint density at radius 1 is 1.07 bits per heavy atom. The fourth-order valence-electron chi connectivity index (χ4n) is 3.90. The maximum absolute atomic E-state index is 13.0. The van der Waals surface area contributed by atoms with E-state index >= 15 is 0 Å². The molecule has 3 rings (SSSR count). The first-order valence-corrected chi connectivity index (χ1v) is 10.6. The number of nitrogens with two attached hydrogens (primary N) is 1. The van der Waals surface area contributed by atoms with Gasteiger partial charge in [-0.15, -0.1) is 23.7 Å². The van der Waals surface area contributed by atoms with Crippen LogP contribution in [0.4, 0.5) is 0 Å². The highest BCUT2D eigenvalue weighted by Gasteiger charge is 2.38. The van der Waals surface area contributed by atoms with Crippen molar-refractivity contribution in [2.75, 3.05) is 32.7 Å². The molecular weight excluding hydrogens is 394 g/mol. The van der Waals surface area contributed by atoms with Crippen molar-refractivity contribution >= 4 is 45.6 Å². The highest BCUT2D eigenvalue weighted by molar-refractivity contribution is 7.21. The molecule has 1 fully saturated rings. The molecule has 1 aliphatic rings. The summed E-state index contributed by atoms with van der Waals surface area (Å²) in [5.74, 6) is 0.219. The predicted molar refractivity (Wildman–Crippen MR) is 118 cm³/mol. The van der Waals surface area contributed by atoms with E-state index < -0.39 is 5.41 Å². The largest absolute Gasteiger partial charge is 0.339 e. The van der Waals surface area contributed by atoms with Gasteiger partial charge in [-0.1, -0.05) is 32.0 Å². The van der Waals surface area contributed by atoms with E-state index in [9.17, 15) is 9.59 Å². The second-order valence-electron chi connectivity index (χ2n) is 7.33. The molecule has 1 aliphatic heterocycles. The van der Waals surface area contributed by atoms with Gasteiger partial charge in [-0.3, -0.25) is 9.59 Å². The van der Waals surface area contributed by atoms with Gasteiger partial charge in [0, 0.05) is 37.4 Å². The molecule has 0 aliphatic carbocycles. The zero-order valence-corrected chi connectivity index (χ0v) is 18.5. The summed E-state index contributed by atoms with van der Waals surface area (Å²) in [6, 6.07) is 8.13. The summed E-state index contributed by atoms with van der Waals surface area (Å²) in [4.78, 5) is 30.6. The van der Waals surface area contributed by atoms with Gasteiger partial charge in [0.25, 0.3) is 5.91 Å². The first kappa shape index (κ1) is 22.7. The van der Waals surface area contributed by atoms with Crippen LogP contribution in [0.3, 0.4) is 0 Å². The molecule has 5 nitrogen and oxygen atoms in total. The fraction of sp³-hybridized carbons (Fsp3) is 0.524. The van der Waals surface area contributed by atoms with E-state index in [1.54, 1.807) is 11.3 Å². The Morgan fingerprint density at radius 2 is 1.64 bits per heavy atom. The maximum atomic E-state index is 13.0. The van der Waals surface area contributed by atoms with E-state index in [0.29, 0.717) is 32.7 Å². The summed E-state index contributed by atoms with van der Waals surface area (Å²) in [7, 11) is 0. The van der Waals surface area contributed by atoms with Crippen molar-refractivity contribution in [1.82, 2.24) is 9.80 Å². The number of hydrogen-bond acceptors (Lipinski definition) is 4. The van der Waals surface area contributed by atoms with E-state index in [4.69, 9.17) is 5.73 Å². The Morgan fingerprint density at radius 3 is 2.18 bits per heavy atom. The lowest BCUT2D eigenvalue weighted by Gasteiger charge is -2.40. The Labute approximate surface area is 177 Å². The van der Waals surface area contributed by atoms with Gasteiger partial charge in [0.1, 0.15) is 0 Å². The van der Waals surface area contributed by atoms with Gasteiger partial charge in [0.2, 0.25) is 5.91 Å². The van der Waals surface area contributed by atoms with E-state index in [0.717, 1.165) is 33.4 Å². The lowest BCUT2D eigenvalue weighted by molar-refractivity contribution is -0.143. The van der Waals surface area contributed by atoms with Gasteiger partial charge in [0.05, 0.1) is 10.3 Å². The van der Waals surface area contributed by atoms with Crippen molar-refractivity contribution in [3.8, 4) is 0 Å². The van der Waals surface area contributed by atoms with Crippen LogP contribution < -0.4 is 5.73 Å².